The SMILES string of the molecule is CC(C)(C)n1cc(-c2ncc[nH]2)c(=O)[nH]c1=O. The molecular formula is C11H14N4O2. The first-order chi connectivity index (χ1) is 7.89. The molecular weight excluding hydrogens is 220 g/mol. The van der Waals surface area contributed by atoms with Crippen molar-refractivity contribution in [2.75, 3.05) is 0 Å². The van der Waals surface area contributed by atoms with Crippen molar-refractivity contribution in [3.63, 3.8) is 0 Å². The molecule has 2 rings (SSSR count). The molecule has 0 atom stereocenters. The average Bonchev–Trinajstić information content (AvgIpc) is 2.68. The van der Waals surface area contributed by atoms with Crippen molar-refractivity contribution in [2.24, 2.45) is 0 Å². The largest absolute Gasteiger partial charge is 0.344 e. The lowest BCUT2D eigenvalue weighted by molar-refractivity contribution is 0.377. The van der Waals surface area contributed by atoms with E-state index in [1.54, 1.807) is 12.4 Å². The highest BCUT2D eigenvalue weighted by molar-refractivity contribution is 5.51. The number of imidazole rings is 1. The third-order valence-electron chi connectivity index (χ3n) is 2.42. The van der Waals surface area contributed by atoms with E-state index in [9.17, 15) is 9.59 Å². The molecule has 0 radical (unpaired) electrons. The summed E-state index contributed by atoms with van der Waals surface area (Å²) in [6.07, 6.45) is 4.71. The van der Waals surface area contributed by atoms with Crippen molar-refractivity contribution >= 4 is 0 Å². The zero-order valence-electron chi connectivity index (χ0n) is 9.94. The molecule has 0 bridgehead atoms. The zero-order valence-corrected chi connectivity index (χ0v) is 9.94. The van der Waals surface area contributed by atoms with Gasteiger partial charge in [0.15, 0.2) is 0 Å². The molecule has 0 saturated carbocycles. The van der Waals surface area contributed by atoms with Gasteiger partial charge in [0.1, 0.15) is 5.82 Å². The van der Waals surface area contributed by atoms with Crippen LogP contribution in [0.25, 0.3) is 11.4 Å². The molecule has 90 valence electrons. The maximum atomic E-state index is 11.7. The molecule has 0 unspecified atom stereocenters. The van der Waals surface area contributed by atoms with Crippen LogP contribution in [0.3, 0.4) is 0 Å². The lowest BCUT2D eigenvalue weighted by Crippen LogP contribution is -2.39. The van der Waals surface area contributed by atoms with Crippen LogP contribution in [0.2, 0.25) is 0 Å². The monoisotopic (exact) mass is 234 g/mol. The van der Waals surface area contributed by atoms with Crippen molar-refractivity contribution in [1.82, 2.24) is 19.5 Å². The minimum Gasteiger partial charge on any atom is -0.344 e. The smallest absolute Gasteiger partial charge is 0.328 e. The van der Waals surface area contributed by atoms with Gasteiger partial charge in [-0.25, -0.2) is 9.78 Å². The van der Waals surface area contributed by atoms with Crippen LogP contribution in [0, 0.1) is 0 Å². The summed E-state index contributed by atoms with van der Waals surface area (Å²) in [6.45, 7) is 5.66. The summed E-state index contributed by atoms with van der Waals surface area (Å²) in [7, 11) is 0. The number of H-pyrrole nitrogens is 2. The maximum Gasteiger partial charge on any atom is 0.328 e. The van der Waals surface area contributed by atoms with Crippen LogP contribution in [0.1, 0.15) is 20.8 Å². The summed E-state index contributed by atoms with van der Waals surface area (Å²) in [5, 5.41) is 0. The highest BCUT2D eigenvalue weighted by Gasteiger charge is 2.17. The molecule has 0 spiro atoms. The molecule has 2 aromatic heterocycles. The predicted molar refractivity (Wildman–Crippen MR) is 63.9 cm³/mol. The Morgan fingerprint density at radius 2 is 2.00 bits per heavy atom. The van der Waals surface area contributed by atoms with Crippen LogP contribution in [-0.2, 0) is 5.54 Å². The summed E-state index contributed by atoms with van der Waals surface area (Å²) < 4.78 is 1.48. The Balaban J connectivity index is 2.71. The van der Waals surface area contributed by atoms with E-state index in [-0.39, 0.29) is 0 Å². The van der Waals surface area contributed by atoms with Crippen LogP contribution >= 0.6 is 0 Å². The molecule has 0 aliphatic carbocycles. The van der Waals surface area contributed by atoms with Crippen molar-refractivity contribution in [3.05, 3.63) is 39.4 Å². The molecule has 6 nitrogen and oxygen atoms in total. The Morgan fingerprint density at radius 3 is 2.53 bits per heavy atom. The Labute approximate surface area is 97.3 Å². The van der Waals surface area contributed by atoms with E-state index in [2.05, 4.69) is 15.0 Å². The zero-order chi connectivity index (χ0) is 12.6. The van der Waals surface area contributed by atoms with Crippen LogP contribution < -0.4 is 11.2 Å². The van der Waals surface area contributed by atoms with Gasteiger partial charge in [0, 0.05) is 24.1 Å². The Bertz CT molecular complexity index is 629. The van der Waals surface area contributed by atoms with Crippen LogP contribution in [0.5, 0.6) is 0 Å². The van der Waals surface area contributed by atoms with Crippen molar-refractivity contribution in [3.8, 4) is 11.4 Å². The Morgan fingerprint density at radius 1 is 1.29 bits per heavy atom. The van der Waals surface area contributed by atoms with Crippen LogP contribution in [-0.4, -0.2) is 19.5 Å². The van der Waals surface area contributed by atoms with Crippen molar-refractivity contribution in [1.29, 1.82) is 0 Å². The first kappa shape index (κ1) is 11.4. The maximum absolute atomic E-state index is 11.7. The van der Waals surface area contributed by atoms with Crippen LogP contribution in [0.4, 0.5) is 0 Å². The summed E-state index contributed by atoms with van der Waals surface area (Å²) in [5.41, 5.74) is -0.907. The fourth-order valence-corrected chi connectivity index (χ4v) is 1.55. The molecule has 0 aliphatic heterocycles. The number of aromatic nitrogens is 4. The van der Waals surface area contributed by atoms with Gasteiger partial charge < -0.3 is 4.98 Å². The van der Waals surface area contributed by atoms with Gasteiger partial charge in [0.05, 0.1) is 5.56 Å². The predicted octanol–water partition coefficient (Wildman–Crippen LogP) is 0.682. The quantitative estimate of drug-likeness (QED) is 0.761. The fraction of sp³-hybridized carbons (Fsp3) is 0.364. The normalized spacial score (nSPS) is 11.7. The molecule has 2 heterocycles. The number of hydrogen-bond donors (Lipinski definition) is 2. The highest BCUT2D eigenvalue weighted by atomic mass is 16.2. The van der Waals surface area contributed by atoms with Gasteiger partial charge in [0.25, 0.3) is 5.56 Å². The first-order valence-corrected chi connectivity index (χ1v) is 5.26. The van der Waals surface area contributed by atoms with Crippen molar-refractivity contribution in [2.45, 2.75) is 26.3 Å². The standard InChI is InChI=1S/C11H14N4O2/c1-11(2,3)15-6-7(8-12-4-5-13-8)9(16)14-10(15)17/h4-6H,1-3H3,(H,12,13)(H,14,16,17). The molecule has 0 aromatic carbocycles. The van der Waals surface area contributed by atoms with E-state index in [4.69, 9.17) is 0 Å². The van der Waals surface area contributed by atoms with Crippen molar-refractivity contribution < 1.29 is 0 Å². The van der Waals surface area contributed by atoms with Gasteiger partial charge >= 0.3 is 5.69 Å². The summed E-state index contributed by atoms with van der Waals surface area (Å²) >= 11 is 0. The van der Waals surface area contributed by atoms with Gasteiger partial charge in [-0.1, -0.05) is 0 Å². The molecule has 0 fully saturated rings. The summed E-state index contributed by atoms with van der Waals surface area (Å²) in [6, 6.07) is 0. The van der Waals surface area contributed by atoms with E-state index < -0.39 is 16.8 Å². The number of nitrogens with zero attached hydrogens (tertiary/aromatic N) is 2. The summed E-state index contributed by atoms with van der Waals surface area (Å²) in [4.78, 5) is 32.5. The van der Waals surface area contributed by atoms with Gasteiger partial charge in [-0.05, 0) is 20.8 Å². The average molecular weight is 234 g/mol. The lowest BCUT2D eigenvalue weighted by atomic mass is 10.1. The number of rotatable bonds is 1. The van der Waals surface area contributed by atoms with E-state index in [0.29, 0.717) is 11.4 Å². The second kappa shape index (κ2) is 3.73. The fourth-order valence-electron chi connectivity index (χ4n) is 1.55. The molecule has 0 saturated heterocycles. The van der Waals surface area contributed by atoms with Gasteiger partial charge in [0.2, 0.25) is 0 Å². The molecule has 0 amide bonds. The molecule has 0 aliphatic rings. The third-order valence-corrected chi connectivity index (χ3v) is 2.42. The Kier molecular flexibility index (Phi) is 2.49. The van der Waals surface area contributed by atoms with Gasteiger partial charge in [-0.3, -0.25) is 14.3 Å². The van der Waals surface area contributed by atoms with Gasteiger partial charge in [-0.2, -0.15) is 0 Å². The lowest BCUT2D eigenvalue weighted by Gasteiger charge is -2.21. The second-order valence-electron chi connectivity index (χ2n) is 4.78. The minimum atomic E-state index is -0.439. The number of hydrogen-bond acceptors (Lipinski definition) is 3. The molecule has 2 aromatic rings. The van der Waals surface area contributed by atoms with E-state index in [0.717, 1.165) is 0 Å². The van der Waals surface area contributed by atoms with Crippen LogP contribution in [0.15, 0.2) is 28.2 Å². The second-order valence-corrected chi connectivity index (χ2v) is 4.78. The molecule has 6 heteroatoms. The Hall–Kier alpha value is -2.11. The minimum absolute atomic E-state index is 0.351. The first-order valence-electron chi connectivity index (χ1n) is 5.26. The number of aromatic amines is 2. The van der Waals surface area contributed by atoms with E-state index >= 15 is 0 Å². The number of nitrogens with one attached hydrogen (secondary N) is 2. The highest BCUT2D eigenvalue weighted by Crippen LogP contribution is 2.13. The van der Waals surface area contributed by atoms with Gasteiger partial charge in [-0.15, -0.1) is 0 Å². The molecule has 2 N–H and O–H groups in total. The van der Waals surface area contributed by atoms with E-state index in [1.165, 1.54) is 10.8 Å². The van der Waals surface area contributed by atoms with E-state index in [1.807, 2.05) is 20.8 Å². The summed E-state index contributed by atoms with van der Waals surface area (Å²) in [5.74, 6) is 0.448. The molecule has 17 heavy (non-hydrogen) atoms. The topological polar surface area (TPSA) is 83.5 Å². The third kappa shape index (κ3) is 2.06.